The highest BCUT2D eigenvalue weighted by Crippen LogP contribution is 2.35. The Morgan fingerprint density at radius 1 is 1.06 bits per heavy atom. The minimum Gasteiger partial charge on any atom is -0.355 e. The van der Waals surface area contributed by atoms with Crippen molar-refractivity contribution < 1.29 is 4.79 Å². The molecule has 174 valence electrons. The lowest BCUT2D eigenvalue weighted by Gasteiger charge is -2.36. The van der Waals surface area contributed by atoms with Crippen LogP contribution in [-0.4, -0.2) is 37.6 Å². The van der Waals surface area contributed by atoms with Crippen LogP contribution >= 0.6 is 24.0 Å². The van der Waals surface area contributed by atoms with Gasteiger partial charge in [0.2, 0.25) is 0 Å². The third kappa shape index (κ3) is 4.40. The van der Waals surface area contributed by atoms with Gasteiger partial charge >= 0.3 is 0 Å². The molecule has 8 heteroatoms. The second-order valence-corrected chi connectivity index (χ2v) is 10.9. The van der Waals surface area contributed by atoms with Crippen LogP contribution in [0, 0.1) is 11.8 Å². The predicted octanol–water partition coefficient (Wildman–Crippen LogP) is 4.58. The summed E-state index contributed by atoms with van der Waals surface area (Å²) in [6.07, 6.45) is 4.56. The number of fused-ring (bicyclic) bond motifs is 1. The van der Waals surface area contributed by atoms with Gasteiger partial charge < -0.3 is 4.90 Å². The lowest BCUT2D eigenvalue weighted by atomic mass is 9.91. The Balaban J connectivity index is 1.57. The zero-order valence-electron chi connectivity index (χ0n) is 19.2. The largest absolute Gasteiger partial charge is 0.355 e. The number of amides is 1. The smallest absolute Gasteiger partial charge is 0.267 e. The Bertz CT molecular complexity index is 1340. The average Bonchev–Trinajstić information content (AvgIpc) is 3.08. The number of aromatic nitrogens is 2. The molecule has 1 aromatic carbocycles. The fraction of sp³-hybridized carbons (Fsp3) is 0.308. The molecular weight excluding hydrogens is 464 g/mol. The van der Waals surface area contributed by atoms with Crippen molar-refractivity contribution in [3.63, 3.8) is 0 Å². The van der Waals surface area contributed by atoms with Crippen molar-refractivity contribution in [2.45, 2.75) is 26.8 Å². The Morgan fingerprint density at radius 2 is 1.76 bits per heavy atom. The summed E-state index contributed by atoms with van der Waals surface area (Å²) in [5.41, 5.74) is 1.86. The quantitative estimate of drug-likeness (QED) is 0.394. The molecule has 2 saturated heterocycles. The molecular formula is C26H26N4O2S2. The molecule has 2 fully saturated rings. The Labute approximate surface area is 208 Å². The maximum atomic E-state index is 13.6. The molecule has 0 unspecified atom stereocenters. The molecule has 0 spiro atoms. The van der Waals surface area contributed by atoms with Gasteiger partial charge in [0.05, 0.1) is 17.0 Å². The van der Waals surface area contributed by atoms with Crippen LogP contribution in [0.2, 0.25) is 0 Å². The lowest BCUT2D eigenvalue weighted by Crippen LogP contribution is -2.40. The van der Waals surface area contributed by atoms with E-state index in [1.807, 2.05) is 48.5 Å². The van der Waals surface area contributed by atoms with E-state index >= 15 is 0 Å². The van der Waals surface area contributed by atoms with Gasteiger partial charge in [0.25, 0.3) is 11.5 Å². The number of benzene rings is 1. The van der Waals surface area contributed by atoms with Gasteiger partial charge in [-0.1, -0.05) is 74.2 Å². The summed E-state index contributed by atoms with van der Waals surface area (Å²) < 4.78 is 2.03. The van der Waals surface area contributed by atoms with Crippen molar-refractivity contribution in [3.05, 3.63) is 81.1 Å². The summed E-state index contributed by atoms with van der Waals surface area (Å²) in [6, 6.07) is 15.3. The second kappa shape index (κ2) is 9.35. The lowest BCUT2D eigenvalue weighted by molar-refractivity contribution is -0.122. The fourth-order valence-electron chi connectivity index (χ4n) is 4.83. The van der Waals surface area contributed by atoms with E-state index in [0.717, 1.165) is 25.1 Å². The Kier molecular flexibility index (Phi) is 6.27. The van der Waals surface area contributed by atoms with Crippen molar-refractivity contribution in [3.8, 4) is 0 Å². The highest BCUT2D eigenvalue weighted by molar-refractivity contribution is 8.26. The van der Waals surface area contributed by atoms with Crippen LogP contribution < -0.4 is 10.5 Å². The number of hydrogen-bond acceptors (Lipinski definition) is 6. The number of pyridine rings is 1. The Morgan fingerprint density at radius 3 is 2.50 bits per heavy atom. The van der Waals surface area contributed by atoms with E-state index in [0.29, 0.717) is 44.6 Å². The van der Waals surface area contributed by atoms with E-state index in [-0.39, 0.29) is 11.5 Å². The third-order valence-corrected chi connectivity index (χ3v) is 7.63. The molecule has 3 aromatic rings. The van der Waals surface area contributed by atoms with Crippen LogP contribution in [-0.2, 0) is 11.3 Å². The first kappa shape index (κ1) is 22.8. The average molecular weight is 491 g/mol. The fourth-order valence-corrected chi connectivity index (χ4v) is 6.06. The van der Waals surface area contributed by atoms with Crippen LogP contribution in [0.3, 0.4) is 0 Å². The Hall–Kier alpha value is -2.97. The van der Waals surface area contributed by atoms with Crippen LogP contribution in [0.25, 0.3) is 11.7 Å². The van der Waals surface area contributed by atoms with Crippen LogP contribution in [0.4, 0.5) is 5.82 Å². The second-order valence-electron chi connectivity index (χ2n) is 9.19. The molecule has 2 atom stereocenters. The summed E-state index contributed by atoms with van der Waals surface area (Å²) >= 11 is 6.77. The van der Waals surface area contributed by atoms with Crippen molar-refractivity contribution in [2.24, 2.45) is 11.8 Å². The van der Waals surface area contributed by atoms with Crippen molar-refractivity contribution in [1.82, 2.24) is 14.3 Å². The number of anilines is 1. The van der Waals surface area contributed by atoms with Gasteiger partial charge in [-0.2, -0.15) is 0 Å². The van der Waals surface area contributed by atoms with Crippen LogP contribution in [0.15, 0.2) is 64.4 Å². The molecule has 6 nitrogen and oxygen atoms in total. The molecule has 5 rings (SSSR count). The van der Waals surface area contributed by atoms with Crippen molar-refractivity contribution >= 4 is 51.7 Å². The van der Waals surface area contributed by atoms with Crippen LogP contribution in [0.1, 0.15) is 31.4 Å². The van der Waals surface area contributed by atoms with Gasteiger partial charge in [-0.15, -0.1) is 0 Å². The molecule has 0 aliphatic carbocycles. The molecule has 1 amide bonds. The summed E-state index contributed by atoms with van der Waals surface area (Å²) in [7, 11) is 0. The van der Waals surface area contributed by atoms with Gasteiger partial charge in [-0.05, 0) is 42.0 Å². The van der Waals surface area contributed by atoms with E-state index < -0.39 is 0 Å². The van der Waals surface area contributed by atoms with E-state index in [4.69, 9.17) is 17.2 Å². The molecule has 0 saturated carbocycles. The van der Waals surface area contributed by atoms with E-state index in [2.05, 4.69) is 18.7 Å². The highest BCUT2D eigenvalue weighted by Gasteiger charge is 2.33. The first-order chi connectivity index (χ1) is 16.4. The maximum absolute atomic E-state index is 13.6. The number of hydrogen-bond donors (Lipinski definition) is 0. The number of nitrogens with zero attached hydrogens (tertiary/aromatic N) is 4. The molecule has 0 N–H and O–H groups in total. The third-order valence-electron chi connectivity index (χ3n) is 6.25. The van der Waals surface area contributed by atoms with Gasteiger partial charge in [0.15, 0.2) is 0 Å². The van der Waals surface area contributed by atoms with E-state index in [1.165, 1.54) is 16.2 Å². The van der Waals surface area contributed by atoms with Crippen LogP contribution in [0.5, 0.6) is 0 Å². The van der Waals surface area contributed by atoms with E-state index in [1.54, 1.807) is 17.2 Å². The molecule has 0 bridgehead atoms. The summed E-state index contributed by atoms with van der Waals surface area (Å²) in [6.45, 7) is 6.52. The number of thiocarbonyl (C=S) groups is 1. The molecule has 34 heavy (non-hydrogen) atoms. The molecule has 4 heterocycles. The van der Waals surface area contributed by atoms with E-state index in [9.17, 15) is 9.59 Å². The molecule has 2 aliphatic rings. The predicted molar refractivity (Wildman–Crippen MR) is 142 cm³/mol. The first-order valence-electron chi connectivity index (χ1n) is 11.5. The minimum atomic E-state index is -0.181. The molecule has 2 aromatic heterocycles. The number of carbonyl (C=O) groups excluding carboxylic acids is 1. The number of piperidine rings is 1. The van der Waals surface area contributed by atoms with Gasteiger partial charge in [-0.25, -0.2) is 4.98 Å². The monoisotopic (exact) mass is 490 g/mol. The van der Waals surface area contributed by atoms with Crippen molar-refractivity contribution in [1.29, 1.82) is 0 Å². The van der Waals surface area contributed by atoms with Gasteiger partial charge in [0, 0.05) is 19.3 Å². The molecule has 2 aliphatic heterocycles. The summed E-state index contributed by atoms with van der Waals surface area (Å²) in [4.78, 5) is 36.0. The summed E-state index contributed by atoms with van der Waals surface area (Å²) in [5.74, 6) is 1.46. The van der Waals surface area contributed by atoms with Gasteiger partial charge in [0.1, 0.15) is 15.8 Å². The standard InChI is InChI=1S/C26H26N4O2S2/c1-17-12-18(2)15-28(14-17)23-20(24(31)29-11-7-6-10-22(29)27-23)13-21-25(32)30(26(33)34-21)16-19-8-4-3-5-9-19/h3-11,13,17-18H,12,14-16H2,1-2H3/b21-13-/t17-,18-/m0/s1. The summed E-state index contributed by atoms with van der Waals surface area (Å²) in [5, 5.41) is 0. The first-order valence-corrected chi connectivity index (χ1v) is 12.7. The zero-order chi connectivity index (χ0) is 23.8. The van der Waals surface area contributed by atoms with Gasteiger partial charge in [-0.3, -0.25) is 18.9 Å². The number of thioether (sulfide) groups is 1. The maximum Gasteiger partial charge on any atom is 0.267 e. The SMILES string of the molecule is C[C@H]1C[C@H](C)CN(c2nc3ccccn3c(=O)c2/C=C2\SC(=S)N(Cc3ccccc3)C2=O)C1. The highest BCUT2D eigenvalue weighted by atomic mass is 32.2. The topological polar surface area (TPSA) is 57.9 Å². The number of carbonyl (C=O) groups is 1. The minimum absolute atomic E-state index is 0.178. The number of rotatable bonds is 4. The van der Waals surface area contributed by atoms with Crippen molar-refractivity contribution in [2.75, 3.05) is 18.0 Å². The molecule has 0 radical (unpaired) electrons. The zero-order valence-corrected chi connectivity index (χ0v) is 20.8. The normalized spacial score (nSPS) is 22.2.